The lowest BCUT2D eigenvalue weighted by Gasteiger charge is -2.16. The topological polar surface area (TPSA) is 29.9 Å². The van der Waals surface area contributed by atoms with E-state index in [0.29, 0.717) is 6.04 Å². The van der Waals surface area contributed by atoms with Crippen molar-refractivity contribution in [3.05, 3.63) is 53.3 Å². The second-order valence-electron chi connectivity index (χ2n) is 4.60. The van der Waals surface area contributed by atoms with E-state index in [1.54, 1.807) is 0 Å². The number of rotatable bonds is 5. The fraction of sp³-hybridized carbons (Fsp3) is 0.400. The molecule has 0 spiro atoms. The van der Waals surface area contributed by atoms with Gasteiger partial charge in [-0.05, 0) is 38.4 Å². The summed E-state index contributed by atoms with van der Waals surface area (Å²) in [5, 5.41) is 7.72. The van der Waals surface area contributed by atoms with E-state index in [9.17, 15) is 0 Å². The van der Waals surface area contributed by atoms with E-state index in [0.717, 1.165) is 13.0 Å². The molecular formula is C15H21N3. The van der Waals surface area contributed by atoms with Crippen molar-refractivity contribution in [1.29, 1.82) is 0 Å². The molecule has 3 heteroatoms. The van der Waals surface area contributed by atoms with Crippen molar-refractivity contribution in [1.82, 2.24) is 15.1 Å². The summed E-state index contributed by atoms with van der Waals surface area (Å²) in [6, 6.07) is 8.88. The summed E-state index contributed by atoms with van der Waals surface area (Å²) in [7, 11) is 2.01. The van der Waals surface area contributed by atoms with Crippen LogP contribution in [0.3, 0.4) is 0 Å². The third-order valence-corrected chi connectivity index (χ3v) is 3.41. The van der Waals surface area contributed by atoms with Crippen LogP contribution in [0.4, 0.5) is 0 Å². The summed E-state index contributed by atoms with van der Waals surface area (Å²) in [5.74, 6) is 0. The van der Waals surface area contributed by atoms with Gasteiger partial charge in [-0.1, -0.05) is 24.3 Å². The van der Waals surface area contributed by atoms with E-state index in [4.69, 9.17) is 0 Å². The number of nitrogens with one attached hydrogen (secondary N) is 1. The Morgan fingerprint density at radius 3 is 2.72 bits per heavy atom. The molecule has 0 radical (unpaired) electrons. The number of nitrogens with zero attached hydrogens (tertiary/aromatic N) is 2. The highest BCUT2D eigenvalue weighted by atomic mass is 15.3. The van der Waals surface area contributed by atoms with Crippen LogP contribution in [0.5, 0.6) is 0 Å². The minimum atomic E-state index is 0.325. The molecule has 2 rings (SSSR count). The third kappa shape index (κ3) is 2.79. The van der Waals surface area contributed by atoms with Gasteiger partial charge in [-0.2, -0.15) is 5.10 Å². The van der Waals surface area contributed by atoms with E-state index < -0.39 is 0 Å². The van der Waals surface area contributed by atoms with Gasteiger partial charge in [-0.3, -0.25) is 4.68 Å². The predicted octanol–water partition coefficient (Wildman–Crippen LogP) is 2.71. The Morgan fingerprint density at radius 2 is 2.11 bits per heavy atom. The monoisotopic (exact) mass is 243 g/mol. The summed E-state index contributed by atoms with van der Waals surface area (Å²) in [5.41, 5.74) is 3.99. The van der Waals surface area contributed by atoms with Gasteiger partial charge in [0.2, 0.25) is 0 Å². The van der Waals surface area contributed by atoms with Gasteiger partial charge in [-0.15, -0.1) is 0 Å². The first-order valence-corrected chi connectivity index (χ1v) is 6.48. The SMILES string of the molecule is CCn1cc(C(Cc2ccccc2C)NC)cn1. The smallest absolute Gasteiger partial charge is 0.0537 e. The number of aryl methyl sites for hydroxylation is 2. The molecule has 1 heterocycles. The van der Waals surface area contributed by atoms with E-state index >= 15 is 0 Å². The Morgan fingerprint density at radius 1 is 1.33 bits per heavy atom. The lowest BCUT2D eigenvalue weighted by atomic mass is 9.98. The first-order valence-electron chi connectivity index (χ1n) is 6.48. The molecule has 0 bridgehead atoms. The quantitative estimate of drug-likeness (QED) is 0.875. The van der Waals surface area contributed by atoms with E-state index in [1.165, 1.54) is 16.7 Å². The van der Waals surface area contributed by atoms with Crippen molar-refractivity contribution in [2.45, 2.75) is 32.9 Å². The molecule has 1 atom stereocenters. The summed E-state index contributed by atoms with van der Waals surface area (Å²) < 4.78 is 1.97. The van der Waals surface area contributed by atoms with Crippen LogP contribution in [-0.2, 0) is 13.0 Å². The Bertz CT molecular complexity index is 502. The second kappa shape index (κ2) is 5.83. The average molecular weight is 243 g/mol. The highest BCUT2D eigenvalue weighted by Gasteiger charge is 2.13. The van der Waals surface area contributed by atoms with Crippen molar-refractivity contribution >= 4 is 0 Å². The maximum absolute atomic E-state index is 4.34. The van der Waals surface area contributed by atoms with Crippen LogP contribution in [0.15, 0.2) is 36.7 Å². The van der Waals surface area contributed by atoms with Gasteiger partial charge in [0.1, 0.15) is 0 Å². The van der Waals surface area contributed by atoms with Gasteiger partial charge in [0.25, 0.3) is 0 Å². The molecule has 0 aliphatic carbocycles. The predicted molar refractivity (Wildman–Crippen MR) is 74.6 cm³/mol. The van der Waals surface area contributed by atoms with E-state index in [2.05, 4.69) is 54.7 Å². The van der Waals surface area contributed by atoms with E-state index in [1.807, 2.05) is 17.9 Å². The third-order valence-electron chi connectivity index (χ3n) is 3.41. The molecule has 0 saturated heterocycles. The summed E-state index contributed by atoms with van der Waals surface area (Å²) in [6.07, 6.45) is 5.08. The molecule has 0 aliphatic heterocycles. The Balaban J connectivity index is 2.17. The number of hydrogen-bond acceptors (Lipinski definition) is 2. The molecule has 2 aromatic rings. The molecule has 3 nitrogen and oxygen atoms in total. The zero-order chi connectivity index (χ0) is 13.0. The van der Waals surface area contributed by atoms with Crippen molar-refractivity contribution in [2.24, 2.45) is 0 Å². The minimum Gasteiger partial charge on any atom is -0.313 e. The number of hydrogen-bond donors (Lipinski definition) is 1. The molecule has 0 fully saturated rings. The van der Waals surface area contributed by atoms with Crippen LogP contribution in [0.1, 0.15) is 29.7 Å². The molecular weight excluding hydrogens is 222 g/mol. The largest absolute Gasteiger partial charge is 0.313 e. The zero-order valence-corrected chi connectivity index (χ0v) is 11.4. The zero-order valence-electron chi connectivity index (χ0n) is 11.4. The molecule has 0 saturated carbocycles. The van der Waals surface area contributed by atoms with Crippen LogP contribution in [0.25, 0.3) is 0 Å². The lowest BCUT2D eigenvalue weighted by Crippen LogP contribution is -2.18. The van der Waals surface area contributed by atoms with Gasteiger partial charge in [0.05, 0.1) is 6.20 Å². The van der Waals surface area contributed by atoms with Crippen molar-refractivity contribution in [3.63, 3.8) is 0 Å². The fourth-order valence-corrected chi connectivity index (χ4v) is 2.18. The minimum absolute atomic E-state index is 0.325. The molecule has 1 unspecified atom stereocenters. The maximum atomic E-state index is 4.34. The number of likely N-dealkylation sites (N-methyl/N-ethyl adjacent to an activating group) is 1. The van der Waals surface area contributed by atoms with Crippen LogP contribution in [0, 0.1) is 6.92 Å². The molecule has 0 aliphatic rings. The first kappa shape index (κ1) is 12.8. The molecule has 1 N–H and O–H groups in total. The van der Waals surface area contributed by atoms with Crippen molar-refractivity contribution < 1.29 is 0 Å². The van der Waals surface area contributed by atoms with E-state index in [-0.39, 0.29) is 0 Å². The van der Waals surface area contributed by atoms with Gasteiger partial charge in [0.15, 0.2) is 0 Å². The lowest BCUT2D eigenvalue weighted by molar-refractivity contribution is 0.588. The first-order chi connectivity index (χ1) is 8.74. The van der Waals surface area contributed by atoms with Crippen LogP contribution in [-0.4, -0.2) is 16.8 Å². The molecule has 96 valence electrons. The van der Waals surface area contributed by atoms with Crippen molar-refractivity contribution in [2.75, 3.05) is 7.05 Å². The molecule has 1 aromatic carbocycles. The normalized spacial score (nSPS) is 12.6. The highest BCUT2D eigenvalue weighted by Crippen LogP contribution is 2.19. The molecule has 1 aromatic heterocycles. The van der Waals surface area contributed by atoms with Crippen LogP contribution in [0.2, 0.25) is 0 Å². The van der Waals surface area contributed by atoms with Crippen LogP contribution >= 0.6 is 0 Å². The van der Waals surface area contributed by atoms with Gasteiger partial charge < -0.3 is 5.32 Å². The summed E-state index contributed by atoms with van der Waals surface area (Å²) >= 11 is 0. The Hall–Kier alpha value is -1.61. The standard InChI is InChI=1S/C15H21N3/c1-4-18-11-14(10-17-18)15(16-3)9-13-8-6-5-7-12(13)2/h5-8,10-11,15-16H,4,9H2,1-3H3. The maximum Gasteiger partial charge on any atom is 0.0537 e. The van der Waals surface area contributed by atoms with Crippen LogP contribution < -0.4 is 5.32 Å². The second-order valence-corrected chi connectivity index (χ2v) is 4.60. The average Bonchev–Trinajstić information content (AvgIpc) is 2.86. The molecule has 0 amide bonds. The highest BCUT2D eigenvalue weighted by molar-refractivity contribution is 5.28. The van der Waals surface area contributed by atoms with Crippen molar-refractivity contribution in [3.8, 4) is 0 Å². The van der Waals surface area contributed by atoms with Gasteiger partial charge in [-0.25, -0.2) is 0 Å². The Labute approximate surface area is 109 Å². The summed E-state index contributed by atoms with van der Waals surface area (Å²) in [6.45, 7) is 5.19. The van der Waals surface area contributed by atoms with Gasteiger partial charge >= 0.3 is 0 Å². The summed E-state index contributed by atoms with van der Waals surface area (Å²) in [4.78, 5) is 0. The Kier molecular flexibility index (Phi) is 4.15. The number of benzene rings is 1. The fourth-order valence-electron chi connectivity index (χ4n) is 2.18. The number of aromatic nitrogens is 2. The van der Waals surface area contributed by atoms with Gasteiger partial charge in [0, 0.05) is 24.3 Å². The molecule has 18 heavy (non-hydrogen) atoms.